The average molecular weight is 382 g/mol. The van der Waals surface area contributed by atoms with Crippen molar-refractivity contribution < 1.29 is 14.3 Å². The minimum Gasteiger partial charge on any atom is -0.444 e. The van der Waals surface area contributed by atoms with Gasteiger partial charge in [0.2, 0.25) is 5.91 Å². The number of halogens is 1. The zero-order chi connectivity index (χ0) is 19.3. The number of benzene rings is 1. The molecule has 1 N–H and O–H groups in total. The van der Waals surface area contributed by atoms with Crippen LogP contribution in [0.25, 0.3) is 0 Å². The Morgan fingerprint density at radius 3 is 2.62 bits per heavy atom. The molecular weight excluding hydrogens is 354 g/mol. The van der Waals surface area contributed by atoms with Crippen molar-refractivity contribution in [3.8, 4) is 0 Å². The second kappa shape index (κ2) is 8.73. The van der Waals surface area contributed by atoms with Gasteiger partial charge < -0.3 is 15.0 Å². The summed E-state index contributed by atoms with van der Waals surface area (Å²) >= 11 is 6.09. The summed E-state index contributed by atoms with van der Waals surface area (Å²) in [4.78, 5) is 28.3. The second-order valence-corrected chi connectivity index (χ2v) is 7.96. The molecular formula is C19H28ClN3O3. The van der Waals surface area contributed by atoms with Crippen molar-refractivity contribution in [1.82, 2.24) is 9.80 Å². The lowest BCUT2D eigenvalue weighted by Crippen LogP contribution is -2.40. The molecule has 0 radical (unpaired) electrons. The van der Waals surface area contributed by atoms with Gasteiger partial charge in [-0.1, -0.05) is 17.7 Å². The zero-order valence-electron chi connectivity index (χ0n) is 16.0. The van der Waals surface area contributed by atoms with Crippen molar-refractivity contribution in [2.75, 3.05) is 38.0 Å². The molecule has 2 rings (SSSR count). The van der Waals surface area contributed by atoms with Crippen molar-refractivity contribution in [3.63, 3.8) is 0 Å². The number of carbonyl (C=O) groups excluding carboxylic acids is 2. The molecule has 1 saturated heterocycles. The first-order valence-electron chi connectivity index (χ1n) is 8.91. The number of carbonyl (C=O) groups is 2. The Morgan fingerprint density at radius 1 is 1.19 bits per heavy atom. The first-order valence-corrected chi connectivity index (χ1v) is 9.29. The van der Waals surface area contributed by atoms with Gasteiger partial charge in [0.15, 0.2) is 0 Å². The van der Waals surface area contributed by atoms with E-state index in [1.807, 2.05) is 39.8 Å². The highest BCUT2D eigenvalue weighted by molar-refractivity contribution is 6.31. The fourth-order valence-corrected chi connectivity index (χ4v) is 2.95. The Balaban J connectivity index is 1.86. The lowest BCUT2D eigenvalue weighted by atomic mass is 10.2. The van der Waals surface area contributed by atoms with E-state index in [2.05, 4.69) is 10.2 Å². The summed E-state index contributed by atoms with van der Waals surface area (Å²) in [7, 11) is 0. The predicted molar refractivity (Wildman–Crippen MR) is 104 cm³/mol. The third-order valence-electron chi connectivity index (χ3n) is 4.15. The van der Waals surface area contributed by atoms with Crippen LogP contribution in [0.1, 0.15) is 32.8 Å². The lowest BCUT2D eigenvalue weighted by molar-refractivity contribution is -0.117. The highest BCUT2D eigenvalue weighted by Crippen LogP contribution is 2.22. The molecule has 7 heteroatoms. The Hall–Kier alpha value is -1.79. The maximum Gasteiger partial charge on any atom is 0.410 e. The van der Waals surface area contributed by atoms with Crippen molar-refractivity contribution in [3.05, 3.63) is 28.8 Å². The van der Waals surface area contributed by atoms with E-state index >= 15 is 0 Å². The van der Waals surface area contributed by atoms with Crippen LogP contribution >= 0.6 is 11.6 Å². The van der Waals surface area contributed by atoms with Gasteiger partial charge in [0.05, 0.1) is 6.54 Å². The van der Waals surface area contributed by atoms with Crippen LogP contribution in [-0.2, 0) is 9.53 Å². The van der Waals surface area contributed by atoms with Gasteiger partial charge >= 0.3 is 6.09 Å². The summed E-state index contributed by atoms with van der Waals surface area (Å²) in [6.07, 6.45) is 0.515. The van der Waals surface area contributed by atoms with Crippen LogP contribution in [-0.4, -0.2) is 60.1 Å². The SMILES string of the molecule is Cc1c(Cl)cccc1NC(=O)CN1CCCN(C(=O)OC(C)(C)C)CC1. The molecule has 0 spiro atoms. The number of rotatable bonds is 3. The van der Waals surface area contributed by atoms with Crippen molar-refractivity contribution in [1.29, 1.82) is 0 Å². The largest absolute Gasteiger partial charge is 0.444 e. The highest BCUT2D eigenvalue weighted by atomic mass is 35.5. The Morgan fingerprint density at radius 2 is 1.92 bits per heavy atom. The van der Waals surface area contributed by atoms with Gasteiger partial charge in [-0.15, -0.1) is 0 Å². The molecule has 2 amide bonds. The molecule has 0 bridgehead atoms. The zero-order valence-corrected chi connectivity index (χ0v) is 16.7. The smallest absolute Gasteiger partial charge is 0.410 e. The molecule has 0 saturated carbocycles. The molecule has 1 aromatic carbocycles. The monoisotopic (exact) mass is 381 g/mol. The number of nitrogens with zero attached hydrogens (tertiary/aromatic N) is 2. The second-order valence-electron chi connectivity index (χ2n) is 7.56. The van der Waals surface area contributed by atoms with Crippen molar-refractivity contribution in [2.45, 2.75) is 39.7 Å². The van der Waals surface area contributed by atoms with Gasteiger partial charge in [-0.25, -0.2) is 4.79 Å². The van der Waals surface area contributed by atoms with E-state index in [9.17, 15) is 9.59 Å². The van der Waals surface area contributed by atoms with E-state index in [1.54, 1.807) is 11.0 Å². The fourth-order valence-electron chi connectivity index (χ4n) is 2.77. The first kappa shape index (κ1) is 20.5. The molecule has 6 nitrogen and oxygen atoms in total. The Bertz CT molecular complexity index is 658. The number of ether oxygens (including phenoxy) is 1. The van der Waals surface area contributed by atoms with Gasteiger partial charge in [-0.2, -0.15) is 0 Å². The topological polar surface area (TPSA) is 61.9 Å². The van der Waals surface area contributed by atoms with Crippen LogP contribution in [0.15, 0.2) is 18.2 Å². The van der Waals surface area contributed by atoms with Crippen LogP contribution in [0.4, 0.5) is 10.5 Å². The first-order chi connectivity index (χ1) is 12.2. The van der Waals surface area contributed by atoms with Crippen LogP contribution in [0.2, 0.25) is 5.02 Å². The summed E-state index contributed by atoms with van der Waals surface area (Å²) in [5, 5.41) is 3.54. The van der Waals surface area contributed by atoms with Gasteiger partial charge in [0.25, 0.3) is 0 Å². The number of amides is 2. The number of hydrogen-bond donors (Lipinski definition) is 1. The molecule has 0 unspecified atom stereocenters. The molecule has 0 aromatic heterocycles. The van der Waals surface area contributed by atoms with Crippen LogP contribution in [0.5, 0.6) is 0 Å². The van der Waals surface area contributed by atoms with E-state index in [1.165, 1.54) is 0 Å². The quantitative estimate of drug-likeness (QED) is 0.870. The average Bonchev–Trinajstić information content (AvgIpc) is 2.76. The van der Waals surface area contributed by atoms with Crippen LogP contribution < -0.4 is 5.32 Å². The van der Waals surface area contributed by atoms with Gasteiger partial charge in [-0.05, 0) is 51.8 Å². The summed E-state index contributed by atoms with van der Waals surface area (Å²) in [5.74, 6) is -0.0823. The lowest BCUT2D eigenvalue weighted by Gasteiger charge is -2.26. The molecule has 0 aliphatic carbocycles. The van der Waals surface area contributed by atoms with Crippen LogP contribution in [0, 0.1) is 6.92 Å². The highest BCUT2D eigenvalue weighted by Gasteiger charge is 2.25. The summed E-state index contributed by atoms with van der Waals surface area (Å²) in [5.41, 5.74) is 1.08. The van der Waals surface area contributed by atoms with Gasteiger partial charge in [-0.3, -0.25) is 9.69 Å². The van der Waals surface area contributed by atoms with Crippen molar-refractivity contribution in [2.24, 2.45) is 0 Å². The van der Waals surface area contributed by atoms with Crippen molar-refractivity contribution >= 4 is 29.3 Å². The minimum atomic E-state index is -0.502. The molecule has 1 aromatic rings. The number of anilines is 1. The molecule has 26 heavy (non-hydrogen) atoms. The molecule has 1 aliphatic rings. The third-order valence-corrected chi connectivity index (χ3v) is 4.56. The number of nitrogens with one attached hydrogen (secondary N) is 1. The molecule has 1 heterocycles. The van der Waals surface area contributed by atoms with E-state index in [-0.39, 0.29) is 18.5 Å². The van der Waals surface area contributed by atoms with Gasteiger partial charge in [0.1, 0.15) is 5.60 Å². The van der Waals surface area contributed by atoms with E-state index in [0.29, 0.717) is 24.7 Å². The summed E-state index contributed by atoms with van der Waals surface area (Å²) < 4.78 is 5.43. The molecule has 0 atom stereocenters. The molecule has 1 fully saturated rings. The normalized spacial score (nSPS) is 16.1. The third kappa shape index (κ3) is 6.18. The molecule has 1 aliphatic heterocycles. The van der Waals surface area contributed by atoms with E-state index in [4.69, 9.17) is 16.3 Å². The minimum absolute atomic E-state index is 0.0823. The number of hydrogen-bond acceptors (Lipinski definition) is 4. The summed E-state index contributed by atoms with van der Waals surface area (Å²) in [6.45, 7) is 10.3. The molecule has 144 valence electrons. The van der Waals surface area contributed by atoms with Gasteiger partial charge in [0, 0.05) is 36.9 Å². The Kier molecular flexibility index (Phi) is 6.89. The standard InChI is InChI=1S/C19H28ClN3O3/c1-14-15(20)7-5-8-16(14)21-17(24)13-22-9-6-10-23(12-11-22)18(25)26-19(2,3)4/h5,7-8H,6,9-13H2,1-4H3,(H,21,24). The predicted octanol–water partition coefficient (Wildman–Crippen LogP) is 3.53. The van der Waals surface area contributed by atoms with E-state index < -0.39 is 5.60 Å². The maximum absolute atomic E-state index is 12.4. The summed E-state index contributed by atoms with van der Waals surface area (Å²) in [6, 6.07) is 5.45. The fraction of sp³-hybridized carbons (Fsp3) is 0.579. The van der Waals surface area contributed by atoms with Crippen LogP contribution in [0.3, 0.4) is 0 Å². The Labute approximate surface area is 160 Å². The van der Waals surface area contributed by atoms with E-state index in [0.717, 1.165) is 24.2 Å². The maximum atomic E-state index is 12.4.